The molecule has 0 aromatic heterocycles. The van der Waals surface area contributed by atoms with Gasteiger partial charge in [-0.05, 0) is 61.4 Å². The first-order valence-corrected chi connectivity index (χ1v) is 13.1. The van der Waals surface area contributed by atoms with Crippen LogP contribution in [0.15, 0.2) is 88.2 Å². The zero-order valence-corrected chi connectivity index (χ0v) is 20.8. The van der Waals surface area contributed by atoms with Gasteiger partial charge in [0.1, 0.15) is 6.54 Å². The summed E-state index contributed by atoms with van der Waals surface area (Å²) in [5.41, 5.74) is 1.10. The Morgan fingerprint density at radius 2 is 1.50 bits per heavy atom. The number of hydrogen-bond acceptors (Lipinski definition) is 4. The second kappa shape index (κ2) is 10.4. The molecule has 1 aliphatic rings. The quantitative estimate of drug-likeness (QED) is 0.476. The number of anilines is 2. The molecule has 0 saturated carbocycles. The summed E-state index contributed by atoms with van der Waals surface area (Å²) in [4.78, 5) is 27.9. The third-order valence-corrected chi connectivity index (χ3v) is 7.87. The van der Waals surface area contributed by atoms with Crippen molar-refractivity contribution in [1.82, 2.24) is 4.90 Å². The number of para-hydroxylation sites is 1. The number of hydrogen-bond donors (Lipinski definition) is 1. The maximum absolute atomic E-state index is 13.4. The lowest BCUT2D eigenvalue weighted by atomic mass is 10.1. The summed E-state index contributed by atoms with van der Waals surface area (Å²) in [5.74, 6) is -0.695. The maximum Gasteiger partial charge on any atom is 0.264 e. The predicted octanol–water partition coefficient (Wildman–Crippen LogP) is 4.52. The molecule has 3 aromatic rings. The van der Waals surface area contributed by atoms with Gasteiger partial charge in [-0.15, -0.1) is 0 Å². The van der Waals surface area contributed by atoms with Gasteiger partial charge in [0.05, 0.1) is 21.8 Å². The van der Waals surface area contributed by atoms with Crippen molar-refractivity contribution in [2.24, 2.45) is 0 Å². The molecule has 4 rings (SSSR count). The van der Waals surface area contributed by atoms with Crippen LogP contribution in [0.2, 0.25) is 0 Å². The molecule has 1 aliphatic heterocycles. The Morgan fingerprint density at radius 3 is 2.18 bits per heavy atom. The Balaban J connectivity index is 1.61. The molecule has 0 radical (unpaired) electrons. The number of carbonyl (C=O) groups excluding carboxylic acids is 2. The zero-order valence-electron chi connectivity index (χ0n) is 18.4. The first-order valence-electron chi connectivity index (χ1n) is 10.9. The van der Waals surface area contributed by atoms with Crippen molar-refractivity contribution < 1.29 is 18.0 Å². The lowest BCUT2D eigenvalue weighted by Crippen LogP contribution is -2.38. The third-order valence-electron chi connectivity index (χ3n) is 5.56. The van der Waals surface area contributed by atoms with Crippen LogP contribution >= 0.6 is 15.9 Å². The van der Waals surface area contributed by atoms with E-state index in [-0.39, 0.29) is 10.8 Å². The minimum atomic E-state index is -4.01. The minimum Gasteiger partial charge on any atom is -0.339 e. The lowest BCUT2D eigenvalue weighted by Gasteiger charge is -2.24. The highest BCUT2D eigenvalue weighted by atomic mass is 79.9. The highest BCUT2D eigenvalue weighted by Gasteiger charge is 2.28. The number of sulfonamides is 1. The second-order valence-corrected chi connectivity index (χ2v) is 10.7. The molecule has 7 nitrogen and oxygen atoms in total. The minimum absolute atomic E-state index is 0.0790. The molecular weight excluding hydrogens is 518 g/mol. The SMILES string of the molecule is O=C(CN(c1ccc(Br)cc1)S(=O)(=O)c1ccccc1)Nc1ccccc1C(=O)N1CCCC1. The number of benzene rings is 3. The summed E-state index contributed by atoms with van der Waals surface area (Å²) in [6.07, 6.45) is 1.92. The van der Waals surface area contributed by atoms with Crippen molar-refractivity contribution in [3.8, 4) is 0 Å². The Labute approximate surface area is 207 Å². The number of rotatable bonds is 7. The number of likely N-dealkylation sites (tertiary alicyclic amines) is 1. The molecule has 1 N–H and O–H groups in total. The standard InChI is InChI=1S/C25H24BrN3O4S/c26-19-12-14-20(15-13-19)29(34(32,33)21-8-2-1-3-9-21)18-24(30)27-23-11-5-4-10-22(23)25(31)28-16-6-7-17-28/h1-5,8-15H,6-7,16-18H2,(H,27,30). The van der Waals surface area contributed by atoms with Gasteiger partial charge < -0.3 is 10.2 Å². The molecule has 9 heteroatoms. The summed E-state index contributed by atoms with van der Waals surface area (Å²) >= 11 is 3.35. The van der Waals surface area contributed by atoms with Crippen LogP contribution < -0.4 is 9.62 Å². The van der Waals surface area contributed by atoms with E-state index in [0.717, 1.165) is 21.6 Å². The zero-order chi connectivity index (χ0) is 24.1. The Kier molecular flexibility index (Phi) is 7.33. The summed E-state index contributed by atoms with van der Waals surface area (Å²) in [6, 6.07) is 21.4. The van der Waals surface area contributed by atoms with Crippen LogP contribution in [0, 0.1) is 0 Å². The van der Waals surface area contributed by atoms with E-state index < -0.39 is 22.5 Å². The molecule has 0 bridgehead atoms. The van der Waals surface area contributed by atoms with Crippen LogP contribution in [0.3, 0.4) is 0 Å². The molecule has 0 unspecified atom stereocenters. The second-order valence-electron chi connectivity index (χ2n) is 7.89. The van der Waals surface area contributed by atoms with Gasteiger partial charge in [-0.3, -0.25) is 13.9 Å². The fraction of sp³-hybridized carbons (Fsp3) is 0.200. The van der Waals surface area contributed by atoms with Gasteiger partial charge in [0, 0.05) is 17.6 Å². The average molecular weight is 542 g/mol. The number of halogens is 1. The van der Waals surface area contributed by atoms with E-state index in [9.17, 15) is 18.0 Å². The topological polar surface area (TPSA) is 86.8 Å². The maximum atomic E-state index is 13.4. The molecule has 2 amide bonds. The highest BCUT2D eigenvalue weighted by molar-refractivity contribution is 9.10. The van der Waals surface area contributed by atoms with Crippen LogP contribution in [0.1, 0.15) is 23.2 Å². The molecular formula is C25H24BrN3O4S. The molecule has 1 saturated heterocycles. The van der Waals surface area contributed by atoms with Crippen molar-refractivity contribution in [2.75, 3.05) is 29.3 Å². The lowest BCUT2D eigenvalue weighted by molar-refractivity contribution is -0.114. The van der Waals surface area contributed by atoms with Crippen molar-refractivity contribution in [1.29, 1.82) is 0 Å². The smallest absolute Gasteiger partial charge is 0.264 e. The van der Waals surface area contributed by atoms with Gasteiger partial charge in [0.25, 0.3) is 15.9 Å². The van der Waals surface area contributed by atoms with E-state index in [1.807, 2.05) is 0 Å². The van der Waals surface area contributed by atoms with Gasteiger partial charge in [0.15, 0.2) is 0 Å². The van der Waals surface area contributed by atoms with Gasteiger partial charge in [-0.25, -0.2) is 8.42 Å². The van der Waals surface area contributed by atoms with Gasteiger partial charge in [0.2, 0.25) is 5.91 Å². The van der Waals surface area contributed by atoms with E-state index in [1.54, 1.807) is 71.6 Å². The Hall–Kier alpha value is -3.17. The Morgan fingerprint density at radius 1 is 0.882 bits per heavy atom. The molecule has 3 aromatic carbocycles. The number of nitrogens with one attached hydrogen (secondary N) is 1. The predicted molar refractivity (Wildman–Crippen MR) is 135 cm³/mol. The number of carbonyl (C=O) groups is 2. The van der Waals surface area contributed by atoms with E-state index in [2.05, 4.69) is 21.2 Å². The third kappa shape index (κ3) is 5.31. The highest BCUT2D eigenvalue weighted by Crippen LogP contribution is 2.26. The van der Waals surface area contributed by atoms with Gasteiger partial charge in [-0.1, -0.05) is 46.3 Å². The molecule has 0 aliphatic carbocycles. The Bertz CT molecular complexity index is 1280. The van der Waals surface area contributed by atoms with Crippen molar-refractivity contribution in [3.05, 3.63) is 88.9 Å². The van der Waals surface area contributed by atoms with Crippen LogP contribution in [-0.4, -0.2) is 44.8 Å². The molecule has 0 atom stereocenters. The first-order chi connectivity index (χ1) is 16.4. The summed E-state index contributed by atoms with van der Waals surface area (Å²) in [6.45, 7) is 0.923. The molecule has 0 spiro atoms. The van der Waals surface area contributed by atoms with E-state index in [1.165, 1.54) is 12.1 Å². The van der Waals surface area contributed by atoms with E-state index in [0.29, 0.717) is 30.0 Å². The largest absolute Gasteiger partial charge is 0.339 e. The number of amides is 2. The van der Waals surface area contributed by atoms with Crippen LogP contribution in [-0.2, 0) is 14.8 Å². The van der Waals surface area contributed by atoms with Crippen molar-refractivity contribution in [2.45, 2.75) is 17.7 Å². The van der Waals surface area contributed by atoms with Crippen LogP contribution in [0.25, 0.3) is 0 Å². The van der Waals surface area contributed by atoms with Gasteiger partial charge in [-0.2, -0.15) is 0 Å². The van der Waals surface area contributed by atoms with Crippen LogP contribution in [0.4, 0.5) is 11.4 Å². The van der Waals surface area contributed by atoms with Crippen LogP contribution in [0.5, 0.6) is 0 Å². The summed E-state index contributed by atoms with van der Waals surface area (Å²) in [5, 5.41) is 2.75. The fourth-order valence-corrected chi connectivity index (χ4v) is 5.54. The molecule has 1 heterocycles. The fourth-order valence-electron chi connectivity index (χ4n) is 3.83. The monoisotopic (exact) mass is 541 g/mol. The van der Waals surface area contributed by atoms with E-state index >= 15 is 0 Å². The van der Waals surface area contributed by atoms with Crippen molar-refractivity contribution in [3.63, 3.8) is 0 Å². The summed E-state index contributed by atoms with van der Waals surface area (Å²) in [7, 11) is -4.01. The molecule has 176 valence electrons. The van der Waals surface area contributed by atoms with E-state index in [4.69, 9.17) is 0 Å². The summed E-state index contributed by atoms with van der Waals surface area (Å²) < 4.78 is 28.7. The average Bonchev–Trinajstić information content (AvgIpc) is 3.39. The molecule has 1 fully saturated rings. The number of nitrogens with zero attached hydrogens (tertiary/aromatic N) is 2. The first kappa shape index (κ1) is 24.0. The molecule has 34 heavy (non-hydrogen) atoms. The van der Waals surface area contributed by atoms with Crippen molar-refractivity contribution >= 4 is 49.1 Å². The normalized spacial score (nSPS) is 13.5. The van der Waals surface area contributed by atoms with Gasteiger partial charge >= 0.3 is 0 Å².